The van der Waals surface area contributed by atoms with Gasteiger partial charge < -0.3 is 9.05 Å². The molecule has 0 N–H and O–H groups in total. The third-order valence-corrected chi connectivity index (χ3v) is 2.80. The molecule has 11 heteroatoms. The van der Waals surface area contributed by atoms with Crippen molar-refractivity contribution in [2.75, 3.05) is 13.2 Å². The maximum atomic E-state index is 13.0. The van der Waals surface area contributed by atoms with E-state index in [4.69, 9.17) is 0 Å². The van der Waals surface area contributed by atoms with Crippen molar-refractivity contribution in [3.8, 4) is 0 Å². The van der Waals surface area contributed by atoms with Crippen LogP contribution in [0.1, 0.15) is 6.42 Å². The Morgan fingerprint density at radius 1 is 0.824 bits per heavy atom. The van der Waals surface area contributed by atoms with Crippen molar-refractivity contribution in [1.82, 2.24) is 0 Å². The molecule has 0 aromatic heterocycles. The summed E-state index contributed by atoms with van der Waals surface area (Å²) in [6.07, 6.45) is -12.3. The van der Waals surface area contributed by atoms with E-state index >= 15 is 0 Å². The summed E-state index contributed by atoms with van der Waals surface area (Å²) in [4.78, 5) is 0. The van der Waals surface area contributed by atoms with Crippen molar-refractivity contribution in [3.05, 3.63) is 0 Å². The monoisotopic (exact) mass is 290 g/mol. The summed E-state index contributed by atoms with van der Waals surface area (Å²) in [5.74, 6) is -5.79. The molecule has 0 saturated carbocycles. The average Bonchev–Trinajstić information content (AvgIpc) is 2.15. The fraction of sp³-hybridized carbons (Fsp3) is 1.00. The maximum absolute atomic E-state index is 13.0. The molecule has 1 aliphatic heterocycles. The summed E-state index contributed by atoms with van der Waals surface area (Å²) >= 11 is 0. The van der Waals surface area contributed by atoms with Crippen molar-refractivity contribution in [2.24, 2.45) is 0 Å². The lowest BCUT2D eigenvalue weighted by Crippen LogP contribution is -2.54. The first kappa shape index (κ1) is 14.9. The minimum atomic E-state index is -6.27. The molecule has 0 spiro atoms. The lowest BCUT2D eigenvalue weighted by Gasteiger charge is -2.32. The van der Waals surface area contributed by atoms with Crippen LogP contribution in [0.25, 0.3) is 0 Å². The minimum Gasteiger partial charge on any atom is -0.312 e. The highest BCUT2D eigenvalue weighted by Gasteiger charge is 2.76. The molecule has 0 aromatic carbocycles. The van der Waals surface area contributed by atoms with Gasteiger partial charge in [0.2, 0.25) is 0 Å². The van der Waals surface area contributed by atoms with Crippen LogP contribution in [0.5, 0.6) is 0 Å². The summed E-state index contributed by atoms with van der Waals surface area (Å²) < 4.78 is 97.2. The van der Waals surface area contributed by atoms with E-state index in [2.05, 4.69) is 13.6 Å². The van der Waals surface area contributed by atoms with Crippen LogP contribution in [0.3, 0.4) is 0 Å². The van der Waals surface area contributed by atoms with Gasteiger partial charge in [-0.05, 0) is 6.42 Å². The van der Waals surface area contributed by atoms with E-state index in [9.17, 15) is 30.7 Å². The highest BCUT2D eigenvalue weighted by molar-refractivity contribution is 7.41. The largest absolute Gasteiger partial charge is 0.458 e. The molecule has 3 nitrogen and oxygen atoms in total. The van der Waals surface area contributed by atoms with Gasteiger partial charge in [0.1, 0.15) is 0 Å². The molecule has 102 valence electrons. The molecule has 1 fully saturated rings. The van der Waals surface area contributed by atoms with E-state index in [0.29, 0.717) is 0 Å². The van der Waals surface area contributed by atoms with E-state index in [1.807, 2.05) is 0 Å². The molecular formula is C6H6F7O3P. The highest BCUT2D eigenvalue weighted by Crippen LogP contribution is 2.56. The van der Waals surface area contributed by atoms with Gasteiger partial charge in [-0.25, -0.2) is 0 Å². The first-order valence-electron chi connectivity index (χ1n) is 4.15. The summed E-state index contributed by atoms with van der Waals surface area (Å²) in [5, 5.41) is 0. The third-order valence-electron chi connectivity index (χ3n) is 1.61. The lowest BCUT2D eigenvalue weighted by atomic mass is 10.3. The smallest absolute Gasteiger partial charge is 0.312 e. The summed E-state index contributed by atoms with van der Waals surface area (Å²) in [5.41, 5.74) is 0. The fourth-order valence-corrected chi connectivity index (χ4v) is 1.94. The van der Waals surface area contributed by atoms with Crippen molar-refractivity contribution in [2.45, 2.75) is 24.6 Å². The Labute approximate surface area is 91.8 Å². The highest BCUT2D eigenvalue weighted by atomic mass is 31.2. The van der Waals surface area contributed by atoms with Gasteiger partial charge in [-0.3, -0.25) is 4.52 Å². The zero-order valence-electron chi connectivity index (χ0n) is 7.94. The molecule has 17 heavy (non-hydrogen) atoms. The van der Waals surface area contributed by atoms with Gasteiger partial charge in [0, 0.05) is 0 Å². The third kappa shape index (κ3) is 3.18. The zero-order chi connectivity index (χ0) is 13.3. The minimum absolute atomic E-state index is 0.155. The second-order valence-corrected chi connectivity index (χ2v) is 4.07. The standard InChI is InChI=1S/C6H6F7O3P/c7-4(5(8,9)10,6(11,12)13)16-17-14-2-1-3-15-17/h1-3H2. The molecule has 1 rings (SSSR count). The van der Waals surface area contributed by atoms with Crippen LogP contribution in [0.2, 0.25) is 0 Å². The topological polar surface area (TPSA) is 27.7 Å². The molecule has 1 saturated heterocycles. The Hall–Kier alpha value is -0.180. The summed E-state index contributed by atoms with van der Waals surface area (Å²) in [7, 11) is -3.00. The quantitative estimate of drug-likeness (QED) is 0.576. The Kier molecular flexibility index (Phi) is 4.23. The van der Waals surface area contributed by atoms with E-state index in [0.717, 1.165) is 0 Å². The molecule has 0 amide bonds. The fourth-order valence-electron chi connectivity index (χ4n) is 0.794. The van der Waals surface area contributed by atoms with Crippen molar-refractivity contribution < 1.29 is 44.3 Å². The SMILES string of the molecule is FC(F)(F)C(F)(OP1OCCCO1)C(F)(F)F. The zero-order valence-corrected chi connectivity index (χ0v) is 8.83. The summed E-state index contributed by atoms with van der Waals surface area (Å²) in [6, 6.07) is 0. The Balaban J connectivity index is 2.84. The van der Waals surface area contributed by atoms with Gasteiger partial charge in [-0.2, -0.15) is 30.7 Å². The van der Waals surface area contributed by atoms with E-state index < -0.39 is 26.8 Å². The number of hydrogen-bond acceptors (Lipinski definition) is 3. The molecule has 0 radical (unpaired) electrons. The predicted octanol–water partition coefficient (Wildman–Crippen LogP) is 3.46. The van der Waals surface area contributed by atoms with Gasteiger partial charge in [0.25, 0.3) is 0 Å². The van der Waals surface area contributed by atoms with Gasteiger partial charge in [-0.1, -0.05) is 0 Å². The Bertz CT molecular complexity index is 245. The second kappa shape index (κ2) is 4.83. The molecule has 0 bridgehead atoms. The number of alkyl halides is 7. The van der Waals surface area contributed by atoms with E-state index in [1.165, 1.54) is 0 Å². The molecule has 0 aromatic rings. The molecule has 1 aliphatic rings. The molecule has 1 heterocycles. The van der Waals surface area contributed by atoms with Gasteiger partial charge in [0.15, 0.2) is 0 Å². The van der Waals surface area contributed by atoms with Gasteiger partial charge >= 0.3 is 26.8 Å². The Morgan fingerprint density at radius 3 is 1.59 bits per heavy atom. The maximum Gasteiger partial charge on any atom is 0.458 e. The average molecular weight is 290 g/mol. The van der Waals surface area contributed by atoms with Crippen molar-refractivity contribution in [3.63, 3.8) is 0 Å². The van der Waals surface area contributed by atoms with Crippen LogP contribution in [-0.4, -0.2) is 31.4 Å². The Morgan fingerprint density at radius 2 is 1.24 bits per heavy atom. The predicted molar refractivity (Wildman–Crippen MR) is 40.5 cm³/mol. The second-order valence-electron chi connectivity index (χ2n) is 2.93. The van der Waals surface area contributed by atoms with Crippen LogP contribution in [-0.2, 0) is 13.6 Å². The normalized spacial score (nSPS) is 20.6. The van der Waals surface area contributed by atoms with E-state index in [-0.39, 0.29) is 19.6 Å². The number of hydrogen-bond donors (Lipinski definition) is 0. The first-order chi connectivity index (χ1) is 7.58. The first-order valence-corrected chi connectivity index (χ1v) is 5.25. The molecule has 0 atom stereocenters. The van der Waals surface area contributed by atoms with Gasteiger partial charge in [-0.15, -0.1) is 0 Å². The molecular weight excluding hydrogens is 284 g/mol. The summed E-state index contributed by atoms with van der Waals surface area (Å²) in [6.45, 7) is -0.311. The van der Waals surface area contributed by atoms with Crippen LogP contribution >= 0.6 is 8.60 Å². The van der Waals surface area contributed by atoms with Gasteiger partial charge in [0.05, 0.1) is 13.2 Å². The number of halogens is 7. The van der Waals surface area contributed by atoms with Crippen LogP contribution in [0, 0.1) is 0 Å². The van der Waals surface area contributed by atoms with Crippen LogP contribution in [0.15, 0.2) is 0 Å². The number of rotatable bonds is 2. The molecule has 0 unspecified atom stereocenters. The van der Waals surface area contributed by atoms with Crippen molar-refractivity contribution in [1.29, 1.82) is 0 Å². The van der Waals surface area contributed by atoms with Crippen LogP contribution < -0.4 is 0 Å². The molecule has 0 aliphatic carbocycles. The van der Waals surface area contributed by atoms with Crippen molar-refractivity contribution >= 4 is 8.60 Å². The lowest BCUT2D eigenvalue weighted by molar-refractivity contribution is -0.408. The van der Waals surface area contributed by atoms with E-state index in [1.54, 1.807) is 0 Å². The van der Waals surface area contributed by atoms with Crippen LogP contribution in [0.4, 0.5) is 30.7 Å².